The van der Waals surface area contributed by atoms with Gasteiger partial charge in [-0.1, -0.05) is 152 Å². The molecular weight excluding hydrogens is 609 g/mol. The number of rotatable bonds is 3. The maximum atomic E-state index is 6.86. The summed E-state index contributed by atoms with van der Waals surface area (Å²) in [5.74, 6) is 0. The van der Waals surface area contributed by atoms with Gasteiger partial charge in [-0.05, 0) is 72.8 Å². The zero-order valence-electron chi connectivity index (χ0n) is 27.0. The SMILES string of the molecule is c1ccc(-c2c(-c3c4ccccc4c(-c4cc5oc6ccccc6c5c5c4oc4ccccc45)c4ccccc34)ccc3ccccc23)cc1. The van der Waals surface area contributed by atoms with E-state index in [1.807, 2.05) is 12.1 Å². The van der Waals surface area contributed by atoms with Crippen LogP contribution in [0.25, 0.3) is 110 Å². The minimum atomic E-state index is 0.860. The normalized spacial score (nSPS) is 12.0. The second-order valence-electron chi connectivity index (χ2n) is 13.1. The van der Waals surface area contributed by atoms with Crippen LogP contribution in [-0.4, -0.2) is 0 Å². The molecule has 2 heterocycles. The van der Waals surface area contributed by atoms with Crippen molar-refractivity contribution in [3.8, 4) is 33.4 Å². The first-order valence-electron chi connectivity index (χ1n) is 17.1. The molecule has 2 nitrogen and oxygen atoms in total. The molecule has 9 aromatic carbocycles. The molecule has 0 radical (unpaired) electrons. The molecule has 0 amide bonds. The van der Waals surface area contributed by atoms with Crippen LogP contribution in [0, 0.1) is 0 Å². The van der Waals surface area contributed by atoms with Gasteiger partial charge >= 0.3 is 0 Å². The molecule has 0 aliphatic carbocycles. The molecule has 0 aliphatic rings. The Hall–Kier alpha value is -6.64. The van der Waals surface area contributed by atoms with Gasteiger partial charge in [0.15, 0.2) is 0 Å². The molecule has 0 saturated carbocycles. The van der Waals surface area contributed by atoms with Gasteiger partial charge in [-0.2, -0.15) is 0 Å². The molecule has 0 fully saturated rings. The number of hydrogen-bond acceptors (Lipinski definition) is 2. The van der Waals surface area contributed by atoms with Gasteiger partial charge in [-0.15, -0.1) is 0 Å². The van der Waals surface area contributed by atoms with Crippen molar-refractivity contribution in [2.45, 2.75) is 0 Å². The van der Waals surface area contributed by atoms with E-state index >= 15 is 0 Å². The standard InChI is InChI=1S/C48H28O2/c1-2-15-30(16-3-1)43-31-17-5-4-14-29(31)26-27-38(43)44-32-18-6-8-20-34(32)45(35-21-9-7-19-33(35)44)39-28-42-46(36-22-10-12-24-40(36)49-42)47-37-23-11-13-25-41(37)50-48(39)47/h1-28H. The van der Waals surface area contributed by atoms with Gasteiger partial charge in [-0.25, -0.2) is 0 Å². The lowest BCUT2D eigenvalue weighted by Gasteiger charge is -2.21. The quantitative estimate of drug-likeness (QED) is 0.180. The summed E-state index contributed by atoms with van der Waals surface area (Å²) in [5, 5.41) is 11.6. The van der Waals surface area contributed by atoms with Gasteiger partial charge in [0.05, 0.1) is 0 Å². The molecule has 0 saturated heterocycles. The largest absolute Gasteiger partial charge is 0.456 e. The summed E-state index contributed by atoms with van der Waals surface area (Å²) in [7, 11) is 0. The van der Waals surface area contributed by atoms with Crippen LogP contribution in [-0.2, 0) is 0 Å². The molecule has 0 N–H and O–H groups in total. The molecule has 0 aliphatic heterocycles. The van der Waals surface area contributed by atoms with Crippen LogP contribution < -0.4 is 0 Å². The first kappa shape index (κ1) is 27.3. The second-order valence-corrected chi connectivity index (χ2v) is 13.1. The molecular formula is C48H28O2. The maximum absolute atomic E-state index is 6.86. The summed E-state index contributed by atoms with van der Waals surface area (Å²) in [6, 6.07) is 60.7. The van der Waals surface area contributed by atoms with E-state index in [1.54, 1.807) is 0 Å². The van der Waals surface area contributed by atoms with E-state index in [9.17, 15) is 0 Å². The maximum Gasteiger partial charge on any atom is 0.144 e. The number of fused-ring (bicyclic) bond motifs is 10. The number of hydrogen-bond donors (Lipinski definition) is 0. The third-order valence-electron chi connectivity index (χ3n) is 10.4. The zero-order valence-corrected chi connectivity index (χ0v) is 27.0. The summed E-state index contributed by atoms with van der Waals surface area (Å²) in [4.78, 5) is 0. The molecule has 11 rings (SSSR count). The molecule has 0 unspecified atom stereocenters. The Morgan fingerprint density at radius 2 is 0.800 bits per heavy atom. The van der Waals surface area contributed by atoms with Crippen LogP contribution in [0.5, 0.6) is 0 Å². The first-order chi connectivity index (χ1) is 24.8. The lowest BCUT2D eigenvalue weighted by Crippen LogP contribution is -1.94. The lowest BCUT2D eigenvalue weighted by molar-refractivity contribution is 0.664. The molecule has 2 heteroatoms. The predicted molar refractivity (Wildman–Crippen MR) is 210 cm³/mol. The highest BCUT2D eigenvalue weighted by Gasteiger charge is 2.25. The van der Waals surface area contributed by atoms with E-state index in [-0.39, 0.29) is 0 Å². The van der Waals surface area contributed by atoms with Gasteiger partial charge in [0, 0.05) is 32.7 Å². The van der Waals surface area contributed by atoms with E-state index in [1.165, 1.54) is 54.6 Å². The summed E-state index contributed by atoms with van der Waals surface area (Å²) in [6.45, 7) is 0. The fourth-order valence-corrected chi connectivity index (χ4v) is 8.39. The molecule has 11 aromatic rings. The Morgan fingerprint density at radius 3 is 1.46 bits per heavy atom. The molecule has 0 bridgehead atoms. The Bertz CT molecular complexity index is 3080. The average molecular weight is 637 g/mol. The molecule has 0 spiro atoms. The van der Waals surface area contributed by atoms with E-state index in [0.29, 0.717) is 0 Å². The fraction of sp³-hybridized carbons (Fsp3) is 0. The molecule has 50 heavy (non-hydrogen) atoms. The van der Waals surface area contributed by atoms with Crippen molar-refractivity contribution in [2.75, 3.05) is 0 Å². The molecule has 0 atom stereocenters. The smallest absolute Gasteiger partial charge is 0.144 e. The van der Waals surface area contributed by atoms with Crippen molar-refractivity contribution in [1.82, 2.24) is 0 Å². The minimum Gasteiger partial charge on any atom is -0.456 e. The average Bonchev–Trinajstić information content (AvgIpc) is 3.75. The van der Waals surface area contributed by atoms with Crippen LogP contribution in [0.4, 0.5) is 0 Å². The van der Waals surface area contributed by atoms with E-state index in [4.69, 9.17) is 8.83 Å². The van der Waals surface area contributed by atoms with Crippen LogP contribution in [0.1, 0.15) is 0 Å². The lowest BCUT2D eigenvalue weighted by atomic mass is 9.82. The van der Waals surface area contributed by atoms with Gasteiger partial charge in [0.1, 0.15) is 22.3 Å². The first-order valence-corrected chi connectivity index (χ1v) is 17.1. The highest BCUT2D eigenvalue weighted by molar-refractivity contribution is 6.31. The third-order valence-corrected chi connectivity index (χ3v) is 10.4. The summed E-state index contributed by atoms with van der Waals surface area (Å²) >= 11 is 0. The van der Waals surface area contributed by atoms with Crippen LogP contribution in [0.15, 0.2) is 179 Å². The monoisotopic (exact) mass is 636 g/mol. The van der Waals surface area contributed by atoms with Crippen molar-refractivity contribution < 1.29 is 8.83 Å². The van der Waals surface area contributed by atoms with Crippen molar-refractivity contribution in [2.24, 2.45) is 0 Å². The Balaban J connectivity index is 1.33. The van der Waals surface area contributed by atoms with Gasteiger partial charge in [-0.3, -0.25) is 0 Å². The minimum absolute atomic E-state index is 0.860. The van der Waals surface area contributed by atoms with Gasteiger partial charge < -0.3 is 8.83 Å². The highest BCUT2D eigenvalue weighted by atomic mass is 16.3. The Morgan fingerprint density at radius 1 is 0.300 bits per heavy atom. The van der Waals surface area contributed by atoms with Gasteiger partial charge in [0.2, 0.25) is 0 Å². The zero-order chi connectivity index (χ0) is 32.8. The van der Waals surface area contributed by atoms with E-state index < -0.39 is 0 Å². The third kappa shape index (κ3) is 3.79. The van der Waals surface area contributed by atoms with Crippen molar-refractivity contribution in [3.05, 3.63) is 170 Å². The van der Waals surface area contributed by atoms with Crippen molar-refractivity contribution in [3.63, 3.8) is 0 Å². The topological polar surface area (TPSA) is 26.3 Å². The van der Waals surface area contributed by atoms with Gasteiger partial charge in [0.25, 0.3) is 0 Å². The summed E-state index contributed by atoms with van der Waals surface area (Å²) in [6.07, 6.45) is 0. The van der Waals surface area contributed by atoms with Crippen molar-refractivity contribution in [1.29, 1.82) is 0 Å². The number of para-hydroxylation sites is 2. The van der Waals surface area contributed by atoms with E-state index in [2.05, 4.69) is 158 Å². The van der Waals surface area contributed by atoms with Crippen molar-refractivity contribution >= 4 is 76.2 Å². The molecule has 2 aromatic heterocycles. The van der Waals surface area contributed by atoms with Crippen LogP contribution >= 0.6 is 0 Å². The van der Waals surface area contributed by atoms with E-state index in [0.717, 1.165) is 55.0 Å². The van der Waals surface area contributed by atoms with Crippen LogP contribution in [0.2, 0.25) is 0 Å². The predicted octanol–water partition coefficient (Wildman–Crippen LogP) is 13.9. The Labute approximate surface area is 287 Å². The van der Waals surface area contributed by atoms with Crippen LogP contribution in [0.3, 0.4) is 0 Å². The Kier molecular flexibility index (Phi) is 5.70. The molecule has 232 valence electrons. The second kappa shape index (κ2) is 10.4. The highest BCUT2D eigenvalue weighted by Crippen LogP contribution is 2.51. The summed E-state index contributed by atoms with van der Waals surface area (Å²) in [5.41, 5.74) is 10.6. The number of benzene rings is 9. The number of furan rings is 2. The summed E-state index contributed by atoms with van der Waals surface area (Å²) < 4.78 is 13.5. The fourth-order valence-electron chi connectivity index (χ4n) is 8.39.